The van der Waals surface area contributed by atoms with Crippen LogP contribution in [0.2, 0.25) is 0 Å². The summed E-state index contributed by atoms with van der Waals surface area (Å²) in [4.78, 5) is 17.2. The topological polar surface area (TPSA) is 91.4 Å². The molecule has 0 fully saturated rings. The molecule has 6 heteroatoms. The molecule has 32 heavy (non-hydrogen) atoms. The van der Waals surface area contributed by atoms with Crippen molar-refractivity contribution in [2.24, 2.45) is 0 Å². The summed E-state index contributed by atoms with van der Waals surface area (Å²) in [6.45, 7) is 7.90. The quantitative estimate of drug-likeness (QED) is 0.384. The second-order valence-corrected chi connectivity index (χ2v) is 7.91. The molecular weight excluding hydrogens is 398 g/mol. The molecule has 156 valence electrons. The number of aromatic amines is 1. The second-order valence-electron chi connectivity index (χ2n) is 7.91. The van der Waals surface area contributed by atoms with Crippen LogP contribution in [0.15, 0.2) is 53.1 Å². The summed E-state index contributed by atoms with van der Waals surface area (Å²) in [5.74, 6) is 2.20. The lowest BCUT2D eigenvalue weighted by molar-refractivity contribution is 0.533. The van der Waals surface area contributed by atoms with Crippen LogP contribution in [0.4, 0.5) is 0 Å². The van der Waals surface area contributed by atoms with Crippen LogP contribution in [-0.4, -0.2) is 19.9 Å². The van der Waals surface area contributed by atoms with Crippen LogP contribution < -0.4 is 0 Å². The maximum atomic E-state index is 9.01. The fraction of sp³-hybridized carbons (Fsp3) is 0.154. The molecule has 0 aliphatic heterocycles. The van der Waals surface area contributed by atoms with Gasteiger partial charge in [0, 0.05) is 35.5 Å². The smallest absolute Gasteiger partial charge is 0.192 e. The highest BCUT2D eigenvalue weighted by Crippen LogP contribution is 2.36. The van der Waals surface area contributed by atoms with Gasteiger partial charge in [0.2, 0.25) is 0 Å². The van der Waals surface area contributed by atoms with Crippen molar-refractivity contribution in [2.75, 3.05) is 0 Å². The summed E-state index contributed by atoms with van der Waals surface area (Å²) in [5.41, 5.74) is 9.34. The Morgan fingerprint density at radius 3 is 2.34 bits per heavy atom. The number of aromatic nitrogens is 4. The fourth-order valence-electron chi connectivity index (χ4n) is 4.13. The van der Waals surface area contributed by atoms with Gasteiger partial charge in [0.15, 0.2) is 11.7 Å². The summed E-state index contributed by atoms with van der Waals surface area (Å²) in [6, 6.07) is 15.7. The highest BCUT2D eigenvalue weighted by atomic mass is 16.4. The minimum absolute atomic E-state index is 0.627. The Hall–Kier alpha value is -4.24. The van der Waals surface area contributed by atoms with E-state index in [1.54, 1.807) is 12.1 Å². The summed E-state index contributed by atoms with van der Waals surface area (Å²) in [7, 11) is 0. The molecule has 3 aromatic heterocycles. The lowest BCUT2D eigenvalue weighted by Crippen LogP contribution is -1.96. The number of H-pyrrole nitrogens is 1. The van der Waals surface area contributed by atoms with Gasteiger partial charge in [-0.05, 0) is 68.3 Å². The van der Waals surface area contributed by atoms with E-state index < -0.39 is 0 Å². The molecular formula is C26H21N5O. The third kappa shape index (κ3) is 3.25. The number of imidazole rings is 1. The maximum absolute atomic E-state index is 9.01. The third-order valence-electron chi connectivity index (χ3n) is 5.74. The standard InChI is InChI=1S/C26H21N5O/c1-14-21(13-28-15(2)24(14)25-16(3)29-17(4)32-25)20-9-10-22-23(11-20)31-26(30-22)19-7-5-18(12-27)6-8-19/h5-11,13H,1-4H3,(H,30,31). The van der Waals surface area contributed by atoms with Crippen LogP contribution in [0.3, 0.4) is 0 Å². The molecule has 6 nitrogen and oxygen atoms in total. The number of rotatable bonds is 3. The van der Waals surface area contributed by atoms with Gasteiger partial charge in [-0.1, -0.05) is 6.07 Å². The molecule has 0 aliphatic rings. The first kappa shape index (κ1) is 19.7. The average Bonchev–Trinajstić information content (AvgIpc) is 3.36. The van der Waals surface area contributed by atoms with Gasteiger partial charge in [0.05, 0.1) is 28.4 Å². The van der Waals surface area contributed by atoms with Crippen LogP contribution >= 0.6 is 0 Å². The molecule has 0 saturated heterocycles. The predicted molar refractivity (Wildman–Crippen MR) is 124 cm³/mol. The van der Waals surface area contributed by atoms with Gasteiger partial charge in [-0.15, -0.1) is 0 Å². The fourth-order valence-corrected chi connectivity index (χ4v) is 4.13. The monoisotopic (exact) mass is 419 g/mol. The molecule has 0 spiro atoms. The van der Waals surface area contributed by atoms with Gasteiger partial charge in [-0.25, -0.2) is 9.97 Å². The summed E-state index contributed by atoms with van der Waals surface area (Å²) < 4.78 is 5.90. The largest absolute Gasteiger partial charge is 0.441 e. The Morgan fingerprint density at radius 2 is 1.66 bits per heavy atom. The molecule has 0 radical (unpaired) electrons. The van der Waals surface area contributed by atoms with Gasteiger partial charge in [-0.3, -0.25) is 4.98 Å². The number of hydrogen-bond donors (Lipinski definition) is 1. The van der Waals surface area contributed by atoms with Crippen LogP contribution in [0.5, 0.6) is 0 Å². The van der Waals surface area contributed by atoms with Crippen LogP contribution in [0.25, 0.3) is 44.9 Å². The van der Waals surface area contributed by atoms with E-state index in [2.05, 4.69) is 40.1 Å². The molecule has 0 atom stereocenters. The average molecular weight is 419 g/mol. The van der Waals surface area contributed by atoms with Crippen molar-refractivity contribution in [1.29, 1.82) is 5.26 Å². The number of benzene rings is 2. The van der Waals surface area contributed by atoms with Crippen molar-refractivity contribution in [3.05, 3.63) is 77.1 Å². The summed E-state index contributed by atoms with van der Waals surface area (Å²) in [6.07, 6.45) is 1.91. The van der Waals surface area contributed by atoms with E-state index in [-0.39, 0.29) is 0 Å². The minimum Gasteiger partial charge on any atom is -0.441 e. The molecule has 3 heterocycles. The molecule has 1 N–H and O–H groups in total. The van der Waals surface area contributed by atoms with Gasteiger partial charge in [-0.2, -0.15) is 5.26 Å². The van der Waals surface area contributed by atoms with Crippen molar-refractivity contribution in [3.8, 4) is 39.9 Å². The number of fused-ring (bicyclic) bond motifs is 1. The normalized spacial score (nSPS) is 11.1. The van der Waals surface area contributed by atoms with Crippen molar-refractivity contribution in [3.63, 3.8) is 0 Å². The van der Waals surface area contributed by atoms with E-state index in [9.17, 15) is 0 Å². The van der Waals surface area contributed by atoms with Crippen LogP contribution in [0.1, 0.15) is 28.4 Å². The van der Waals surface area contributed by atoms with Gasteiger partial charge >= 0.3 is 0 Å². The van der Waals surface area contributed by atoms with Crippen LogP contribution in [0, 0.1) is 39.0 Å². The zero-order valence-corrected chi connectivity index (χ0v) is 18.3. The Balaban J connectivity index is 1.60. The van der Waals surface area contributed by atoms with Crippen LogP contribution in [-0.2, 0) is 0 Å². The van der Waals surface area contributed by atoms with E-state index in [0.29, 0.717) is 11.5 Å². The van der Waals surface area contributed by atoms with E-state index in [0.717, 1.165) is 61.8 Å². The zero-order chi connectivity index (χ0) is 22.4. The first-order chi connectivity index (χ1) is 15.4. The molecule has 5 rings (SSSR count). The van der Waals surface area contributed by atoms with E-state index >= 15 is 0 Å². The number of pyridine rings is 1. The van der Waals surface area contributed by atoms with E-state index in [1.807, 2.05) is 45.2 Å². The third-order valence-corrected chi connectivity index (χ3v) is 5.74. The Labute approximate surface area is 185 Å². The summed E-state index contributed by atoms with van der Waals surface area (Å²) in [5, 5.41) is 9.01. The molecule has 0 amide bonds. The minimum atomic E-state index is 0.627. The lowest BCUT2D eigenvalue weighted by atomic mass is 9.95. The molecule has 0 bridgehead atoms. The number of nitriles is 1. The molecule has 0 unspecified atom stereocenters. The Bertz CT molecular complexity index is 1520. The predicted octanol–water partition coefficient (Wildman–Crippen LogP) is 6.05. The Kier molecular flexibility index (Phi) is 4.60. The van der Waals surface area contributed by atoms with E-state index in [1.165, 1.54) is 0 Å². The van der Waals surface area contributed by atoms with Gasteiger partial charge in [0.25, 0.3) is 0 Å². The number of nitrogens with one attached hydrogen (secondary N) is 1. The van der Waals surface area contributed by atoms with Crippen molar-refractivity contribution >= 4 is 11.0 Å². The lowest BCUT2D eigenvalue weighted by Gasteiger charge is -2.12. The zero-order valence-electron chi connectivity index (χ0n) is 18.3. The maximum Gasteiger partial charge on any atom is 0.192 e. The molecule has 0 saturated carbocycles. The first-order valence-electron chi connectivity index (χ1n) is 10.4. The number of hydrogen-bond acceptors (Lipinski definition) is 5. The molecule has 5 aromatic rings. The van der Waals surface area contributed by atoms with Crippen molar-refractivity contribution in [2.45, 2.75) is 27.7 Å². The summed E-state index contributed by atoms with van der Waals surface area (Å²) >= 11 is 0. The number of nitrogens with zero attached hydrogens (tertiary/aromatic N) is 4. The number of aryl methyl sites for hydroxylation is 3. The van der Waals surface area contributed by atoms with E-state index in [4.69, 9.17) is 14.7 Å². The highest BCUT2D eigenvalue weighted by molar-refractivity contribution is 5.86. The van der Waals surface area contributed by atoms with Crippen molar-refractivity contribution in [1.82, 2.24) is 19.9 Å². The molecule has 0 aliphatic carbocycles. The first-order valence-corrected chi connectivity index (χ1v) is 10.4. The van der Waals surface area contributed by atoms with Gasteiger partial charge < -0.3 is 9.40 Å². The SMILES string of the molecule is Cc1nc(C)c(-c2c(C)ncc(-c3ccc4nc(-c5ccc(C#N)cc5)[nH]c4c3)c2C)o1. The second kappa shape index (κ2) is 7.47. The van der Waals surface area contributed by atoms with Crippen molar-refractivity contribution < 1.29 is 4.42 Å². The highest BCUT2D eigenvalue weighted by Gasteiger charge is 2.19. The Morgan fingerprint density at radius 1 is 0.906 bits per heavy atom. The number of oxazole rings is 1. The molecule has 2 aromatic carbocycles. The van der Waals surface area contributed by atoms with Gasteiger partial charge in [0.1, 0.15) is 5.82 Å².